The topological polar surface area (TPSA) is 16.4 Å². The summed E-state index contributed by atoms with van der Waals surface area (Å²) in [5.41, 5.74) is 0. The van der Waals surface area contributed by atoms with E-state index >= 15 is 0 Å². The van der Waals surface area contributed by atoms with E-state index in [9.17, 15) is 4.48 Å². The van der Waals surface area contributed by atoms with Gasteiger partial charge in [-0.1, -0.05) is 0 Å². The Morgan fingerprint density at radius 1 is 1.70 bits per heavy atom. The van der Waals surface area contributed by atoms with Gasteiger partial charge in [0.2, 0.25) is 0 Å². The largest absolute Gasteiger partial charge is 0.468 e. The zero-order valence-electron chi connectivity index (χ0n) is 5.88. The molecule has 0 N–H and O–H groups in total. The van der Waals surface area contributed by atoms with Gasteiger partial charge in [-0.15, -0.1) is 9.60 Å². The van der Waals surface area contributed by atoms with Crippen molar-refractivity contribution in [1.82, 2.24) is 5.12 Å². The van der Waals surface area contributed by atoms with Crippen LogP contribution in [0, 0.1) is 0 Å². The molecule has 1 heterocycles. The average molecular weight is 143 g/mol. The molecule has 0 saturated heterocycles. The van der Waals surface area contributed by atoms with Gasteiger partial charge in [0.25, 0.3) is 0 Å². The van der Waals surface area contributed by atoms with Crippen LogP contribution in [0.1, 0.15) is 12.7 Å². The molecule has 1 aromatic heterocycles. The third-order valence-corrected chi connectivity index (χ3v) is 1.25. The van der Waals surface area contributed by atoms with Crippen molar-refractivity contribution in [2.24, 2.45) is 0 Å². The summed E-state index contributed by atoms with van der Waals surface area (Å²) >= 11 is 0. The molecule has 0 bridgehead atoms. The van der Waals surface area contributed by atoms with Crippen LogP contribution < -0.4 is 0 Å². The highest BCUT2D eigenvalue weighted by Crippen LogP contribution is 2.04. The van der Waals surface area contributed by atoms with E-state index in [4.69, 9.17) is 4.42 Å². The van der Waals surface area contributed by atoms with Crippen LogP contribution in [0.15, 0.2) is 22.8 Å². The standard InChI is InChI=1S/C7H10FNO/c1-2-9(8)6-7-4-3-5-10-7/h3-5H,2,6H2,1H3. The molecular formula is C7H10FNO. The van der Waals surface area contributed by atoms with Crippen LogP contribution >= 0.6 is 0 Å². The Hall–Kier alpha value is -0.830. The van der Waals surface area contributed by atoms with Crippen LogP contribution in [0.4, 0.5) is 4.48 Å². The summed E-state index contributed by atoms with van der Waals surface area (Å²) < 4.78 is 17.4. The summed E-state index contributed by atoms with van der Waals surface area (Å²) in [6.45, 7) is 2.38. The van der Waals surface area contributed by atoms with Gasteiger partial charge in [0.15, 0.2) is 0 Å². The third-order valence-electron chi connectivity index (χ3n) is 1.25. The fourth-order valence-corrected chi connectivity index (χ4v) is 0.683. The highest BCUT2D eigenvalue weighted by molar-refractivity contribution is 4.96. The maximum absolute atomic E-state index is 12.5. The van der Waals surface area contributed by atoms with E-state index in [1.807, 2.05) is 0 Å². The number of hydrogen-bond acceptors (Lipinski definition) is 2. The van der Waals surface area contributed by atoms with E-state index in [2.05, 4.69) is 0 Å². The molecule has 0 radical (unpaired) electrons. The first-order valence-electron chi connectivity index (χ1n) is 3.26. The summed E-state index contributed by atoms with van der Waals surface area (Å²) in [6, 6.07) is 3.50. The smallest absolute Gasteiger partial charge is 0.120 e. The van der Waals surface area contributed by atoms with Gasteiger partial charge in [-0.2, -0.15) is 0 Å². The zero-order valence-corrected chi connectivity index (χ0v) is 5.88. The first-order chi connectivity index (χ1) is 4.83. The number of hydrogen-bond donors (Lipinski definition) is 0. The Balaban J connectivity index is 2.40. The fraction of sp³-hybridized carbons (Fsp3) is 0.429. The number of nitrogens with zero attached hydrogens (tertiary/aromatic N) is 1. The summed E-state index contributed by atoms with van der Waals surface area (Å²) in [6.07, 6.45) is 1.54. The van der Waals surface area contributed by atoms with Crippen molar-refractivity contribution in [3.63, 3.8) is 0 Å². The van der Waals surface area contributed by atoms with E-state index in [0.29, 0.717) is 17.4 Å². The molecule has 3 heteroatoms. The average Bonchev–Trinajstić information content (AvgIpc) is 2.40. The molecule has 0 amide bonds. The molecule has 10 heavy (non-hydrogen) atoms. The van der Waals surface area contributed by atoms with Gasteiger partial charge in [-0.3, -0.25) is 0 Å². The first kappa shape index (κ1) is 7.28. The van der Waals surface area contributed by atoms with Gasteiger partial charge in [0.1, 0.15) is 5.76 Å². The SMILES string of the molecule is CCN(F)Cc1ccco1. The minimum atomic E-state index is 0.240. The number of furan rings is 1. The van der Waals surface area contributed by atoms with Gasteiger partial charge in [-0.25, -0.2) is 0 Å². The maximum atomic E-state index is 12.5. The maximum Gasteiger partial charge on any atom is 0.120 e. The van der Waals surface area contributed by atoms with Crippen LogP contribution in [-0.2, 0) is 6.54 Å². The first-order valence-corrected chi connectivity index (χ1v) is 3.26. The van der Waals surface area contributed by atoms with Crippen molar-refractivity contribution in [1.29, 1.82) is 0 Å². The molecule has 0 saturated carbocycles. The summed E-state index contributed by atoms with van der Waals surface area (Å²) in [5.74, 6) is 0.657. The van der Waals surface area contributed by atoms with Crippen LogP contribution in [0.5, 0.6) is 0 Å². The van der Waals surface area contributed by atoms with E-state index in [0.717, 1.165) is 0 Å². The predicted octanol–water partition coefficient (Wildman–Crippen LogP) is 1.99. The highest BCUT2D eigenvalue weighted by atomic mass is 19.2. The molecule has 0 aliphatic rings. The second-order valence-electron chi connectivity index (χ2n) is 2.02. The summed E-state index contributed by atoms with van der Waals surface area (Å²) in [7, 11) is 0. The summed E-state index contributed by atoms with van der Waals surface area (Å²) in [4.78, 5) is 0. The molecule has 2 nitrogen and oxygen atoms in total. The molecule has 0 unspecified atom stereocenters. The van der Waals surface area contributed by atoms with Gasteiger partial charge >= 0.3 is 0 Å². The molecule has 0 fully saturated rings. The van der Waals surface area contributed by atoms with Gasteiger partial charge in [0, 0.05) is 6.54 Å². The molecule has 56 valence electrons. The third kappa shape index (κ3) is 1.84. The number of rotatable bonds is 3. The predicted molar refractivity (Wildman–Crippen MR) is 35.9 cm³/mol. The number of halogens is 1. The van der Waals surface area contributed by atoms with E-state index < -0.39 is 0 Å². The molecule has 0 atom stereocenters. The minimum absolute atomic E-state index is 0.240. The molecule has 0 aliphatic heterocycles. The van der Waals surface area contributed by atoms with Crippen molar-refractivity contribution in [3.05, 3.63) is 24.2 Å². The van der Waals surface area contributed by atoms with Crippen molar-refractivity contribution in [2.45, 2.75) is 13.5 Å². The molecule has 1 rings (SSSR count). The van der Waals surface area contributed by atoms with Gasteiger partial charge < -0.3 is 4.42 Å². The molecular weight excluding hydrogens is 133 g/mol. The lowest BCUT2D eigenvalue weighted by Gasteiger charge is -2.04. The Bertz CT molecular complexity index is 174. The Kier molecular flexibility index (Phi) is 2.45. The minimum Gasteiger partial charge on any atom is -0.468 e. The van der Waals surface area contributed by atoms with Crippen molar-refractivity contribution in [2.75, 3.05) is 6.54 Å². The van der Waals surface area contributed by atoms with Crippen molar-refractivity contribution in [3.8, 4) is 0 Å². The van der Waals surface area contributed by atoms with Gasteiger partial charge in [0.05, 0.1) is 12.8 Å². The Labute approximate surface area is 59.2 Å². The lowest BCUT2D eigenvalue weighted by atomic mass is 10.4. The second kappa shape index (κ2) is 3.37. The lowest BCUT2D eigenvalue weighted by Crippen LogP contribution is -2.10. The van der Waals surface area contributed by atoms with Gasteiger partial charge in [-0.05, 0) is 19.1 Å². The molecule has 0 aliphatic carbocycles. The van der Waals surface area contributed by atoms with E-state index in [1.165, 1.54) is 0 Å². The Morgan fingerprint density at radius 3 is 3.00 bits per heavy atom. The van der Waals surface area contributed by atoms with Crippen LogP contribution in [0.25, 0.3) is 0 Å². The Morgan fingerprint density at radius 2 is 2.50 bits per heavy atom. The van der Waals surface area contributed by atoms with Crippen LogP contribution in [0.3, 0.4) is 0 Å². The molecule has 0 spiro atoms. The lowest BCUT2D eigenvalue weighted by molar-refractivity contribution is 0.0157. The molecule has 0 aromatic carbocycles. The monoisotopic (exact) mass is 143 g/mol. The van der Waals surface area contributed by atoms with E-state index in [-0.39, 0.29) is 6.54 Å². The quantitative estimate of drug-likeness (QED) is 0.601. The van der Waals surface area contributed by atoms with Crippen molar-refractivity contribution >= 4 is 0 Å². The van der Waals surface area contributed by atoms with Crippen molar-refractivity contribution < 1.29 is 8.90 Å². The van der Waals surface area contributed by atoms with Crippen LogP contribution in [-0.4, -0.2) is 11.7 Å². The fourth-order valence-electron chi connectivity index (χ4n) is 0.683. The second-order valence-corrected chi connectivity index (χ2v) is 2.02. The normalized spacial score (nSPS) is 10.7. The zero-order chi connectivity index (χ0) is 7.40. The van der Waals surface area contributed by atoms with Crippen LogP contribution in [0.2, 0.25) is 0 Å². The highest BCUT2D eigenvalue weighted by Gasteiger charge is 2.01. The molecule has 1 aromatic rings. The van der Waals surface area contributed by atoms with E-state index in [1.54, 1.807) is 25.3 Å². The summed E-state index contributed by atoms with van der Waals surface area (Å²) in [5, 5.41) is 0.693.